The molecule has 0 spiro atoms. The van der Waals surface area contributed by atoms with Gasteiger partial charge in [0.2, 0.25) is 10.0 Å². The van der Waals surface area contributed by atoms with Crippen molar-refractivity contribution in [2.45, 2.75) is 13.3 Å². The molecule has 0 saturated carbocycles. The summed E-state index contributed by atoms with van der Waals surface area (Å²) in [6.45, 7) is 4.21. The van der Waals surface area contributed by atoms with Crippen LogP contribution in [-0.4, -0.2) is 54.9 Å². The maximum atomic E-state index is 12.1. The van der Waals surface area contributed by atoms with E-state index in [1.165, 1.54) is 0 Å². The number of benzene rings is 1. The van der Waals surface area contributed by atoms with Gasteiger partial charge in [-0.1, -0.05) is 18.5 Å². The lowest BCUT2D eigenvalue weighted by Crippen LogP contribution is -2.49. The van der Waals surface area contributed by atoms with Crippen LogP contribution in [0.15, 0.2) is 18.3 Å². The van der Waals surface area contributed by atoms with Crippen molar-refractivity contribution in [3.05, 3.63) is 23.4 Å². The lowest BCUT2D eigenvalue weighted by Gasteiger charge is -2.35. The molecule has 0 amide bonds. The predicted molar refractivity (Wildman–Crippen MR) is 89.0 cm³/mol. The number of anilines is 1. The van der Waals surface area contributed by atoms with E-state index in [-0.39, 0.29) is 5.75 Å². The smallest absolute Gasteiger partial charge is 0.214 e. The molecule has 1 aliphatic heterocycles. The molecule has 0 aliphatic carbocycles. The molecule has 1 aromatic heterocycles. The first kappa shape index (κ1) is 15.6. The minimum atomic E-state index is -3.12. The van der Waals surface area contributed by atoms with Crippen molar-refractivity contribution >= 4 is 38.2 Å². The third-order valence-corrected chi connectivity index (χ3v) is 6.23. The Kier molecular flexibility index (Phi) is 4.29. The standard InChI is InChI=1S/C14H19ClN4O2S/c1-2-7-22(20,21)19-5-3-18(4-6-19)14-9-11(15)8-13-12(14)10-16-17-13/h8-10H,2-7H2,1H3,(H,16,17). The van der Waals surface area contributed by atoms with Crippen molar-refractivity contribution in [3.8, 4) is 0 Å². The normalized spacial score (nSPS) is 17.3. The Hall–Kier alpha value is -1.31. The molecule has 1 N–H and O–H groups in total. The van der Waals surface area contributed by atoms with Crippen LogP contribution in [0.3, 0.4) is 0 Å². The quantitative estimate of drug-likeness (QED) is 0.923. The molecule has 0 bridgehead atoms. The summed E-state index contributed by atoms with van der Waals surface area (Å²) >= 11 is 6.16. The average Bonchev–Trinajstić information content (AvgIpc) is 2.94. The van der Waals surface area contributed by atoms with Crippen LogP contribution in [0.25, 0.3) is 10.9 Å². The molecular formula is C14H19ClN4O2S. The Bertz CT molecular complexity index is 766. The number of hydrogen-bond donors (Lipinski definition) is 1. The summed E-state index contributed by atoms with van der Waals surface area (Å²) in [6, 6.07) is 3.75. The van der Waals surface area contributed by atoms with Gasteiger partial charge in [-0.15, -0.1) is 0 Å². The molecule has 1 aliphatic rings. The van der Waals surface area contributed by atoms with Gasteiger partial charge in [0.05, 0.1) is 17.5 Å². The highest BCUT2D eigenvalue weighted by Crippen LogP contribution is 2.30. The molecule has 2 heterocycles. The van der Waals surface area contributed by atoms with Crippen molar-refractivity contribution in [2.75, 3.05) is 36.8 Å². The number of sulfonamides is 1. The van der Waals surface area contributed by atoms with Gasteiger partial charge < -0.3 is 4.90 Å². The molecule has 22 heavy (non-hydrogen) atoms. The zero-order valence-corrected chi connectivity index (χ0v) is 14.0. The summed E-state index contributed by atoms with van der Waals surface area (Å²) in [5, 5.41) is 8.64. The molecule has 0 radical (unpaired) electrons. The van der Waals surface area contributed by atoms with Crippen molar-refractivity contribution in [1.29, 1.82) is 0 Å². The van der Waals surface area contributed by atoms with E-state index in [1.807, 2.05) is 19.1 Å². The number of hydrogen-bond acceptors (Lipinski definition) is 4. The van der Waals surface area contributed by atoms with Gasteiger partial charge in [0.25, 0.3) is 0 Å². The van der Waals surface area contributed by atoms with E-state index in [0.717, 1.165) is 16.6 Å². The van der Waals surface area contributed by atoms with Crippen molar-refractivity contribution in [3.63, 3.8) is 0 Å². The van der Waals surface area contributed by atoms with Crippen LogP contribution in [0.5, 0.6) is 0 Å². The fraction of sp³-hybridized carbons (Fsp3) is 0.500. The molecule has 0 unspecified atom stereocenters. The molecule has 120 valence electrons. The van der Waals surface area contributed by atoms with E-state index in [1.54, 1.807) is 10.5 Å². The topological polar surface area (TPSA) is 69.3 Å². The third kappa shape index (κ3) is 2.93. The molecule has 2 aromatic rings. The van der Waals surface area contributed by atoms with Gasteiger partial charge in [0, 0.05) is 42.3 Å². The van der Waals surface area contributed by atoms with E-state index < -0.39 is 10.0 Å². The molecule has 1 aromatic carbocycles. The van der Waals surface area contributed by atoms with E-state index in [2.05, 4.69) is 15.1 Å². The van der Waals surface area contributed by atoms with Crippen molar-refractivity contribution in [1.82, 2.24) is 14.5 Å². The Morgan fingerprint density at radius 1 is 1.27 bits per heavy atom. The third-order valence-electron chi connectivity index (χ3n) is 3.94. The summed E-state index contributed by atoms with van der Waals surface area (Å²) in [4.78, 5) is 2.17. The Balaban J connectivity index is 1.80. The Morgan fingerprint density at radius 2 is 2.00 bits per heavy atom. The number of rotatable bonds is 4. The van der Waals surface area contributed by atoms with Crippen LogP contribution in [0, 0.1) is 0 Å². The second kappa shape index (κ2) is 6.06. The fourth-order valence-corrected chi connectivity index (χ4v) is 4.56. The number of fused-ring (bicyclic) bond motifs is 1. The highest BCUT2D eigenvalue weighted by atomic mass is 35.5. The van der Waals surface area contributed by atoms with Crippen LogP contribution in [0.2, 0.25) is 5.02 Å². The zero-order chi connectivity index (χ0) is 15.7. The van der Waals surface area contributed by atoms with Crippen LogP contribution in [0.4, 0.5) is 5.69 Å². The zero-order valence-electron chi connectivity index (χ0n) is 12.4. The SMILES string of the molecule is CCCS(=O)(=O)N1CCN(c2cc(Cl)cc3[nH]ncc23)CC1. The predicted octanol–water partition coefficient (Wildman–Crippen LogP) is 2.08. The van der Waals surface area contributed by atoms with Gasteiger partial charge in [-0.25, -0.2) is 8.42 Å². The second-order valence-electron chi connectivity index (χ2n) is 5.46. The van der Waals surface area contributed by atoms with Gasteiger partial charge in [0.1, 0.15) is 0 Å². The van der Waals surface area contributed by atoms with Crippen LogP contribution < -0.4 is 4.90 Å². The van der Waals surface area contributed by atoms with Crippen molar-refractivity contribution < 1.29 is 8.42 Å². The maximum absolute atomic E-state index is 12.1. The number of nitrogens with one attached hydrogen (secondary N) is 1. The summed E-state index contributed by atoms with van der Waals surface area (Å²) in [5.41, 5.74) is 1.90. The Morgan fingerprint density at radius 3 is 2.68 bits per heavy atom. The summed E-state index contributed by atoms with van der Waals surface area (Å²) in [6.07, 6.45) is 2.42. The van der Waals surface area contributed by atoms with E-state index in [9.17, 15) is 8.42 Å². The monoisotopic (exact) mass is 342 g/mol. The lowest BCUT2D eigenvalue weighted by molar-refractivity contribution is 0.385. The van der Waals surface area contributed by atoms with Crippen LogP contribution in [-0.2, 0) is 10.0 Å². The minimum Gasteiger partial charge on any atom is -0.368 e. The first-order chi connectivity index (χ1) is 10.5. The lowest BCUT2D eigenvalue weighted by atomic mass is 10.2. The minimum absolute atomic E-state index is 0.218. The van der Waals surface area contributed by atoms with E-state index in [4.69, 9.17) is 11.6 Å². The van der Waals surface area contributed by atoms with Crippen LogP contribution >= 0.6 is 11.6 Å². The largest absolute Gasteiger partial charge is 0.368 e. The number of aromatic nitrogens is 2. The van der Waals surface area contributed by atoms with Crippen molar-refractivity contribution in [2.24, 2.45) is 0 Å². The Labute approximate surface area is 135 Å². The van der Waals surface area contributed by atoms with Gasteiger partial charge >= 0.3 is 0 Å². The summed E-state index contributed by atoms with van der Waals surface area (Å²) in [5.74, 6) is 0.218. The number of aromatic amines is 1. The molecule has 1 saturated heterocycles. The maximum Gasteiger partial charge on any atom is 0.214 e. The van der Waals surface area contributed by atoms with Gasteiger partial charge in [-0.2, -0.15) is 9.40 Å². The van der Waals surface area contributed by atoms with Gasteiger partial charge in [0.15, 0.2) is 0 Å². The van der Waals surface area contributed by atoms with Crippen LogP contribution in [0.1, 0.15) is 13.3 Å². The van der Waals surface area contributed by atoms with Gasteiger partial charge in [-0.3, -0.25) is 5.10 Å². The fourth-order valence-electron chi connectivity index (χ4n) is 2.85. The first-order valence-corrected chi connectivity index (χ1v) is 9.35. The molecule has 1 fully saturated rings. The number of piperazine rings is 1. The number of halogens is 1. The van der Waals surface area contributed by atoms with E-state index in [0.29, 0.717) is 37.6 Å². The van der Waals surface area contributed by atoms with E-state index >= 15 is 0 Å². The molecular weight excluding hydrogens is 324 g/mol. The average molecular weight is 343 g/mol. The summed E-state index contributed by atoms with van der Waals surface area (Å²) < 4.78 is 25.8. The highest BCUT2D eigenvalue weighted by Gasteiger charge is 2.27. The summed E-state index contributed by atoms with van der Waals surface area (Å²) in [7, 11) is -3.12. The molecule has 3 rings (SSSR count). The molecule has 8 heteroatoms. The first-order valence-electron chi connectivity index (χ1n) is 7.36. The highest BCUT2D eigenvalue weighted by molar-refractivity contribution is 7.89. The van der Waals surface area contributed by atoms with Gasteiger partial charge in [-0.05, 0) is 18.6 Å². The second-order valence-corrected chi connectivity index (χ2v) is 7.98. The number of H-pyrrole nitrogens is 1. The molecule has 0 atom stereocenters. The molecule has 6 nitrogen and oxygen atoms in total. The number of nitrogens with zero attached hydrogens (tertiary/aromatic N) is 3.